The number of anilines is 1. The molecule has 2 atom stereocenters. The van der Waals surface area contributed by atoms with Crippen LogP contribution < -0.4 is 14.4 Å². The van der Waals surface area contributed by atoms with Gasteiger partial charge in [0.25, 0.3) is 0 Å². The van der Waals surface area contributed by atoms with Gasteiger partial charge >= 0.3 is 0 Å². The highest BCUT2D eigenvalue weighted by Crippen LogP contribution is 2.44. The van der Waals surface area contributed by atoms with Crippen molar-refractivity contribution in [2.75, 3.05) is 37.8 Å². The Labute approximate surface area is 184 Å². The number of aliphatic hydroxyl groups is 1. The van der Waals surface area contributed by atoms with Gasteiger partial charge < -0.3 is 19.5 Å². The molecule has 0 unspecified atom stereocenters. The van der Waals surface area contributed by atoms with Gasteiger partial charge in [0.1, 0.15) is 6.61 Å². The molecule has 0 aliphatic carbocycles. The number of ether oxygens (including phenoxy) is 2. The Kier molecular flexibility index (Phi) is 5.96. The summed E-state index contributed by atoms with van der Waals surface area (Å²) in [6.07, 6.45) is 7.95. The van der Waals surface area contributed by atoms with E-state index in [4.69, 9.17) is 24.5 Å². The molecule has 0 amide bonds. The van der Waals surface area contributed by atoms with Crippen LogP contribution in [0.15, 0.2) is 24.4 Å². The summed E-state index contributed by atoms with van der Waals surface area (Å²) >= 11 is 0. The van der Waals surface area contributed by atoms with Crippen LogP contribution in [0.4, 0.5) is 5.95 Å². The van der Waals surface area contributed by atoms with Gasteiger partial charge in [0, 0.05) is 49.9 Å². The van der Waals surface area contributed by atoms with Crippen LogP contribution in [0.3, 0.4) is 0 Å². The monoisotopic (exact) mass is 424 g/mol. The molecule has 7 heteroatoms. The predicted octanol–water partition coefficient (Wildman–Crippen LogP) is 3.11. The van der Waals surface area contributed by atoms with E-state index in [1.807, 2.05) is 13.0 Å². The molecule has 2 aromatic rings. The minimum Gasteiger partial charge on any atom is -0.490 e. The molecule has 31 heavy (non-hydrogen) atoms. The number of aromatic nitrogens is 2. The maximum Gasteiger partial charge on any atom is 0.225 e. The van der Waals surface area contributed by atoms with E-state index < -0.39 is 0 Å². The Morgan fingerprint density at radius 1 is 1.13 bits per heavy atom. The molecule has 0 radical (unpaired) electrons. The molecule has 2 bridgehead atoms. The summed E-state index contributed by atoms with van der Waals surface area (Å²) in [6.45, 7) is 5.86. The number of hydrogen-bond acceptors (Lipinski definition) is 7. The first-order chi connectivity index (χ1) is 15.3. The summed E-state index contributed by atoms with van der Waals surface area (Å²) < 4.78 is 11.4. The molecule has 2 fully saturated rings. The van der Waals surface area contributed by atoms with E-state index in [0.29, 0.717) is 24.4 Å². The largest absolute Gasteiger partial charge is 0.490 e. The van der Waals surface area contributed by atoms with E-state index in [-0.39, 0.29) is 13.2 Å². The zero-order chi connectivity index (χ0) is 21.2. The maximum absolute atomic E-state index is 9.06. The lowest BCUT2D eigenvalue weighted by Crippen LogP contribution is -2.38. The molecule has 5 rings (SSSR count). The molecule has 4 heterocycles. The van der Waals surface area contributed by atoms with Crippen LogP contribution in [0.1, 0.15) is 55.5 Å². The molecule has 0 spiro atoms. The van der Waals surface area contributed by atoms with Crippen molar-refractivity contribution < 1.29 is 14.6 Å². The maximum atomic E-state index is 9.06. The van der Waals surface area contributed by atoms with E-state index in [1.165, 1.54) is 42.5 Å². The second-order valence-corrected chi connectivity index (χ2v) is 8.68. The van der Waals surface area contributed by atoms with Crippen molar-refractivity contribution in [2.24, 2.45) is 0 Å². The van der Waals surface area contributed by atoms with Crippen LogP contribution in [0.5, 0.6) is 11.5 Å². The summed E-state index contributed by atoms with van der Waals surface area (Å²) in [4.78, 5) is 14.7. The third-order valence-corrected chi connectivity index (χ3v) is 6.73. The third kappa shape index (κ3) is 4.08. The smallest absolute Gasteiger partial charge is 0.225 e. The first kappa shape index (κ1) is 20.5. The number of nitrogens with zero attached hydrogens (tertiary/aromatic N) is 4. The van der Waals surface area contributed by atoms with Crippen LogP contribution in [0, 0.1) is 0 Å². The number of benzene rings is 1. The van der Waals surface area contributed by atoms with Crippen molar-refractivity contribution in [3.63, 3.8) is 0 Å². The van der Waals surface area contributed by atoms with Crippen molar-refractivity contribution >= 4 is 5.95 Å². The summed E-state index contributed by atoms with van der Waals surface area (Å²) in [5.74, 6) is 2.36. The van der Waals surface area contributed by atoms with E-state index in [0.717, 1.165) is 37.8 Å². The van der Waals surface area contributed by atoms with Crippen molar-refractivity contribution in [3.8, 4) is 11.5 Å². The SMILES string of the molecule is CCOc1cc(CN2[C@H]3CC[C@H]2c2cnc(N4CCCC4)nc2C3)ccc1OCCO. The predicted molar refractivity (Wildman–Crippen MR) is 119 cm³/mol. The highest BCUT2D eigenvalue weighted by atomic mass is 16.5. The van der Waals surface area contributed by atoms with Gasteiger partial charge in [0.15, 0.2) is 11.5 Å². The molecule has 0 saturated carbocycles. The summed E-state index contributed by atoms with van der Waals surface area (Å²) in [6, 6.07) is 7.07. The first-order valence-electron chi connectivity index (χ1n) is 11.6. The van der Waals surface area contributed by atoms with Crippen LogP contribution in [-0.2, 0) is 13.0 Å². The van der Waals surface area contributed by atoms with Gasteiger partial charge in [-0.1, -0.05) is 6.07 Å². The van der Waals surface area contributed by atoms with Crippen molar-refractivity contribution in [1.82, 2.24) is 14.9 Å². The highest BCUT2D eigenvalue weighted by Gasteiger charge is 2.41. The average Bonchev–Trinajstić information content (AvgIpc) is 3.41. The molecule has 1 aromatic carbocycles. The zero-order valence-corrected chi connectivity index (χ0v) is 18.3. The van der Waals surface area contributed by atoms with Gasteiger partial charge in [0.2, 0.25) is 5.95 Å². The summed E-state index contributed by atoms with van der Waals surface area (Å²) in [7, 11) is 0. The van der Waals surface area contributed by atoms with Crippen LogP contribution in [0.25, 0.3) is 0 Å². The molecule has 1 N–H and O–H groups in total. The van der Waals surface area contributed by atoms with Gasteiger partial charge in [-0.15, -0.1) is 0 Å². The lowest BCUT2D eigenvalue weighted by atomic mass is 9.98. The van der Waals surface area contributed by atoms with Crippen molar-refractivity contribution in [2.45, 2.75) is 57.7 Å². The lowest BCUT2D eigenvalue weighted by molar-refractivity contribution is 0.165. The van der Waals surface area contributed by atoms with Gasteiger partial charge in [-0.05, 0) is 50.3 Å². The normalized spacial score (nSPS) is 22.6. The molecular formula is C24H32N4O3. The molecule has 7 nitrogen and oxygen atoms in total. The standard InChI is InChI=1S/C24H32N4O3/c1-2-30-23-13-17(5-8-22(23)31-12-11-29)16-28-18-6-7-21(28)19-15-25-24(26-20(19)14-18)27-9-3-4-10-27/h5,8,13,15,18,21,29H,2-4,6-7,9-12,14,16H2,1H3/t18-,21-/m0/s1. The molecule has 166 valence electrons. The van der Waals surface area contributed by atoms with Gasteiger partial charge in [-0.3, -0.25) is 4.90 Å². The second-order valence-electron chi connectivity index (χ2n) is 8.68. The average molecular weight is 425 g/mol. The third-order valence-electron chi connectivity index (χ3n) is 6.73. The Balaban J connectivity index is 1.35. The fraction of sp³-hybridized carbons (Fsp3) is 0.583. The highest BCUT2D eigenvalue weighted by molar-refractivity contribution is 5.43. The number of fused-ring (bicyclic) bond motifs is 4. The van der Waals surface area contributed by atoms with Crippen LogP contribution in [0.2, 0.25) is 0 Å². The lowest BCUT2D eigenvalue weighted by Gasteiger charge is -2.36. The fourth-order valence-corrected chi connectivity index (χ4v) is 5.28. The topological polar surface area (TPSA) is 71.0 Å². The zero-order valence-electron chi connectivity index (χ0n) is 18.3. The van der Waals surface area contributed by atoms with Crippen molar-refractivity contribution in [1.29, 1.82) is 0 Å². The minimum absolute atomic E-state index is 0.00852. The Bertz CT molecular complexity index is 916. The summed E-state index contributed by atoms with van der Waals surface area (Å²) in [5, 5.41) is 9.06. The fourth-order valence-electron chi connectivity index (χ4n) is 5.28. The summed E-state index contributed by atoms with van der Waals surface area (Å²) in [5.41, 5.74) is 3.78. The molecule has 3 aliphatic heterocycles. The Morgan fingerprint density at radius 3 is 2.81 bits per heavy atom. The quantitative estimate of drug-likeness (QED) is 0.698. The number of aliphatic hydroxyl groups excluding tert-OH is 1. The molecular weight excluding hydrogens is 392 g/mol. The van der Waals surface area contributed by atoms with Crippen LogP contribution >= 0.6 is 0 Å². The molecule has 1 aromatic heterocycles. The van der Waals surface area contributed by atoms with Gasteiger partial charge in [0.05, 0.1) is 18.9 Å². The Hall–Kier alpha value is -2.38. The van der Waals surface area contributed by atoms with Crippen molar-refractivity contribution in [3.05, 3.63) is 41.2 Å². The van der Waals surface area contributed by atoms with Gasteiger partial charge in [-0.2, -0.15) is 0 Å². The number of rotatable bonds is 8. The second kappa shape index (κ2) is 9.01. The molecule has 2 saturated heterocycles. The first-order valence-corrected chi connectivity index (χ1v) is 11.6. The Morgan fingerprint density at radius 2 is 2.00 bits per heavy atom. The minimum atomic E-state index is -0.00852. The van der Waals surface area contributed by atoms with E-state index in [1.54, 1.807) is 0 Å². The van der Waals surface area contributed by atoms with E-state index >= 15 is 0 Å². The number of hydrogen-bond donors (Lipinski definition) is 1. The van der Waals surface area contributed by atoms with E-state index in [2.05, 4.69) is 28.1 Å². The molecule has 3 aliphatic rings. The van der Waals surface area contributed by atoms with Gasteiger partial charge in [-0.25, -0.2) is 9.97 Å². The van der Waals surface area contributed by atoms with E-state index in [9.17, 15) is 0 Å². The van der Waals surface area contributed by atoms with Crippen LogP contribution in [-0.4, -0.2) is 58.9 Å².